The number of nitrogens with one attached hydrogen (secondary N) is 1. The van der Waals surface area contributed by atoms with Gasteiger partial charge in [-0.3, -0.25) is 4.79 Å². The molecule has 16 heavy (non-hydrogen) atoms. The van der Waals surface area contributed by atoms with Crippen molar-refractivity contribution in [2.75, 3.05) is 6.54 Å². The lowest BCUT2D eigenvalue weighted by Crippen LogP contribution is -2.32. The third-order valence-electron chi connectivity index (χ3n) is 3.31. The van der Waals surface area contributed by atoms with E-state index in [1.54, 1.807) is 0 Å². The van der Waals surface area contributed by atoms with Crippen LogP contribution in [0.3, 0.4) is 0 Å². The van der Waals surface area contributed by atoms with E-state index in [0.717, 1.165) is 6.54 Å². The van der Waals surface area contributed by atoms with Gasteiger partial charge in [0.2, 0.25) is 0 Å². The summed E-state index contributed by atoms with van der Waals surface area (Å²) in [5.41, 5.74) is 5.20. The highest BCUT2D eigenvalue weighted by atomic mass is 16.1. The van der Waals surface area contributed by atoms with Crippen LogP contribution in [0.2, 0.25) is 0 Å². The fraction of sp³-hybridized carbons (Fsp3) is 0.500. The number of carbonyl (C=O) groups is 1. The fourth-order valence-electron chi connectivity index (χ4n) is 2.73. The maximum Gasteiger partial charge on any atom is 0.136 e. The Morgan fingerprint density at radius 1 is 1.19 bits per heavy atom. The molecule has 1 saturated heterocycles. The van der Waals surface area contributed by atoms with Crippen LogP contribution in [0.5, 0.6) is 0 Å². The van der Waals surface area contributed by atoms with E-state index in [1.807, 2.05) is 0 Å². The first kappa shape index (κ1) is 11.3. The van der Waals surface area contributed by atoms with Gasteiger partial charge in [0.15, 0.2) is 0 Å². The van der Waals surface area contributed by atoms with Gasteiger partial charge in [0.05, 0.1) is 0 Å². The minimum absolute atomic E-state index is 0.224. The molecule has 1 N–H and O–H groups in total. The van der Waals surface area contributed by atoms with Crippen LogP contribution < -0.4 is 5.32 Å². The fourth-order valence-corrected chi connectivity index (χ4v) is 2.73. The SMILES string of the molecule is Cc1cc(C)c(C2CC(=O)CCN2)c(C)c1. The smallest absolute Gasteiger partial charge is 0.136 e. The quantitative estimate of drug-likeness (QED) is 0.783. The van der Waals surface area contributed by atoms with Crippen LogP contribution in [0.25, 0.3) is 0 Å². The van der Waals surface area contributed by atoms with Gasteiger partial charge in [-0.05, 0) is 37.5 Å². The Balaban J connectivity index is 2.35. The predicted molar refractivity (Wildman–Crippen MR) is 65.6 cm³/mol. The maximum atomic E-state index is 11.5. The molecule has 0 amide bonds. The molecule has 0 aromatic heterocycles. The number of piperidine rings is 1. The van der Waals surface area contributed by atoms with Crippen LogP contribution in [0, 0.1) is 20.8 Å². The second-order valence-corrected chi connectivity index (χ2v) is 4.81. The number of hydrogen-bond acceptors (Lipinski definition) is 2. The summed E-state index contributed by atoms with van der Waals surface area (Å²) in [4.78, 5) is 11.5. The van der Waals surface area contributed by atoms with E-state index < -0.39 is 0 Å². The molecule has 1 aliphatic heterocycles. The normalized spacial score (nSPS) is 21.2. The Bertz CT molecular complexity index is 400. The second-order valence-electron chi connectivity index (χ2n) is 4.81. The summed E-state index contributed by atoms with van der Waals surface area (Å²) in [7, 11) is 0. The van der Waals surface area contributed by atoms with Gasteiger partial charge in [0, 0.05) is 25.4 Å². The lowest BCUT2D eigenvalue weighted by Gasteiger charge is -2.26. The third kappa shape index (κ3) is 2.17. The highest BCUT2D eigenvalue weighted by Gasteiger charge is 2.22. The Hall–Kier alpha value is -1.15. The molecule has 86 valence electrons. The molecule has 0 radical (unpaired) electrons. The zero-order valence-corrected chi connectivity index (χ0v) is 10.3. The summed E-state index contributed by atoms with van der Waals surface area (Å²) in [5.74, 6) is 0.378. The Morgan fingerprint density at radius 3 is 2.38 bits per heavy atom. The summed E-state index contributed by atoms with van der Waals surface area (Å²) in [6.45, 7) is 7.20. The summed E-state index contributed by atoms with van der Waals surface area (Å²) < 4.78 is 0. The standard InChI is InChI=1S/C14H19NO/c1-9-6-10(2)14(11(3)7-9)13-8-12(16)4-5-15-13/h6-7,13,15H,4-5,8H2,1-3H3. The first-order valence-corrected chi connectivity index (χ1v) is 5.91. The van der Waals surface area contributed by atoms with Crippen molar-refractivity contribution in [3.63, 3.8) is 0 Å². The van der Waals surface area contributed by atoms with Crippen LogP contribution in [0.1, 0.15) is 41.1 Å². The molecule has 2 heteroatoms. The van der Waals surface area contributed by atoms with Gasteiger partial charge in [0.25, 0.3) is 0 Å². The maximum absolute atomic E-state index is 11.5. The van der Waals surface area contributed by atoms with Crippen molar-refractivity contribution in [2.24, 2.45) is 0 Å². The number of carbonyl (C=O) groups excluding carboxylic acids is 1. The van der Waals surface area contributed by atoms with Gasteiger partial charge in [-0.1, -0.05) is 17.7 Å². The molecule has 2 rings (SSSR count). The van der Waals surface area contributed by atoms with E-state index in [-0.39, 0.29) is 6.04 Å². The Labute approximate surface area is 97.1 Å². The van der Waals surface area contributed by atoms with Crippen molar-refractivity contribution in [1.82, 2.24) is 5.32 Å². The molecule has 0 aliphatic carbocycles. The Kier molecular flexibility index (Phi) is 3.10. The topological polar surface area (TPSA) is 29.1 Å². The van der Waals surface area contributed by atoms with E-state index in [1.165, 1.54) is 22.3 Å². The molecule has 1 heterocycles. The average Bonchev–Trinajstić information content (AvgIpc) is 2.15. The molecule has 1 atom stereocenters. The highest BCUT2D eigenvalue weighted by Crippen LogP contribution is 2.28. The van der Waals surface area contributed by atoms with Gasteiger partial charge in [-0.15, -0.1) is 0 Å². The number of ketones is 1. The van der Waals surface area contributed by atoms with Gasteiger partial charge in [-0.25, -0.2) is 0 Å². The molecule has 1 aromatic rings. The number of hydrogen-bond donors (Lipinski definition) is 1. The lowest BCUT2D eigenvalue weighted by molar-refractivity contribution is -0.120. The summed E-state index contributed by atoms with van der Waals surface area (Å²) in [6.07, 6.45) is 1.32. The monoisotopic (exact) mass is 217 g/mol. The molecular weight excluding hydrogens is 198 g/mol. The predicted octanol–water partition coefficient (Wildman–Crippen LogP) is 2.61. The van der Waals surface area contributed by atoms with Gasteiger partial charge in [-0.2, -0.15) is 0 Å². The molecule has 2 nitrogen and oxygen atoms in total. The molecule has 1 aliphatic rings. The average molecular weight is 217 g/mol. The zero-order valence-electron chi connectivity index (χ0n) is 10.3. The molecule has 1 fully saturated rings. The van der Waals surface area contributed by atoms with Crippen molar-refractivity contribution < 1.29 is 4.79 Å². The highest BCUT2D eigenvalue weighted by molar-refractivity contribution is 5.80. The van der Waals surface area contributed by atoms with E-state index in [2.05, 4.69) is 38.2 Å². The molecule has 0 bridgehead atoms. The first-order chi connectivity index (χ1) is 7.58. The van der Waals surface area contributed by atoms with E-state index in [9.17, 15) is 4.79 Å². The Morgan fingerprint density at radius 2 is 1.81 bits per heavy atom. The van der Waals surface area contributed by atoms with Crippen molar-refractivity contribution in [3.8, 4) is 0 Å². The van der Waals surface area contributed by atoms with Crippen LogP contribution in [-0.4, -0.2) is 12.3 Å². The van der Waals surface area contributed by atoms with Gasteiger partial charge in [0.1, 0.15) is 5.78 Å². The van der Waals surface area contributed by atoms with Crippen LogP contribution in [0.15, 0.2) is 12.1 Å². The second kappa shape index (κ2) is 4.38. The minimum atomic E-state index is 0.224. The lowest BCUT2D eigenvalue weighted by atomic mass is 9.89. The largest absolute Gasteiger partial charge is 0.309 e. The van der Waals surface area contributed by atoms with Crippen LogP contribution >= 0.6 is 0 Å². The number of Topliss-reactive ketones (excluding diaryl/α,β-unsaturated/α-hetero) is 1. The van der Waals surface area contributed by atoms with E-state index in [0.29, 0.717) is 18.6 Å². The van der Waals surface area contributed by atoms with E-state index >= 15 is 0 Å². The van der Waals surface area contributed by atoms with Crippen LogP contribution in [0.4, 0.5) is 0 Å². The molecule has 0 spiro atoms. The first-order valence-electron chi connectivity index (χ1n) is 5.91. The molecule has 1 unspecified atom stereocenters. The summed E-state index contributed by atoms with van der Waals surface area (Å²) in [6, 6.07) is 4.62. The molecular formula is C14H19NO. The molecule has 0 saturated carbocycles. The van der Waals surface area contributed by atoms with Crippen molar-refractivity contribution >= 4 is 5.78 Å². The number of rotatable bonds is 1. The zero-order chi connectivity index (χ0) is 11.7. The van der Waals surface area contributed by atoms with E-state index in [4.69, 9.17) is 0 Å². The third-order valence-corrected chi connectivity index (χ3v) is 3.31. The summed E-state index contributed by atoms with van der Waals surface area (Å²) in [5, 5.41) is 3.45. The van der Waals surface area contributed by atoms with Gasteiger partial charge < -0.3 is 5.32 Å². The number of aryl methyl sites for hydroxylation is 3. The number of benzene rings is 1. The van der Waals surface area contributed by atoms with Crippen LogP contribution in [-0.2, 0) is 4.79 Å². The summed E-state index contributed by atoms with van der Waals surface area (Å²) >= 11 is 0. The van der Waals surface area contributed by atoms with Crippen molar-refractivity contribution in [2.45, 2.75) is 39.7 Å². The molecule has 1 aromatic carbocycles. The minimum Gasteiger partial charge on any atom is -0.309 e. The van der Waals surface area contributed by atoms with Gasteiger partial charge >= 0.3 is 0 Å². The van der Waals surface area contributed by atoms with Crippen molar-refractivity contribution in [1.29, 1.82) is 0 Å². The van der Waals surface area contributed by atoms with Crippen molar-refractivity contribution in [3.05, 3.63) is 34.4 Å².